The van der Waals surface area contributed by atoms with Crippen molar-refractivity contribution in [2.24, 2.45) is 7.05 Å². The van der Waals surface area contributed by atoms with Crippen LogP contribution in [0.25, 0.3) is 11.0 Å². The molecule has 1 aliphatic rings. The van der Waals surface area contributed by atoms with Crippen molar-refractivity contribution < 1.29 is 12.8 Å². The lowest BCUT2D eigenvalue weighted by Crippen LogP contribution is -2.50. The number of rotatable bonds is 4. The number of sulfonamides is 1. The second-order valence-electron chi connectivity index (χ2n) is 7.21. The van der Waals surface area contributed by atoms with Gasteiger partial charge in [-0.2, -0.15) is 9.40 Å². The first-order valence-electron chi connectivity index (χ1n) is 9.69. The molecule has 0 radical (unpaired) electrons. The van der Waals surface area contributed by atoms with Gasteiger partial charge in [0, 0.05) is 39.8 Å². The number of hydrogen-bond acceptors (Lipinski definition) is 6. The summed E-state index contributed by atoms with van der Waals surface area (Å²) in [6.45, 7) is 5.37. The van der Waals surface area contributed by atoms with Crippen LogP contribution >= 0.6 is 0 Å². The molecule has 3 heterocycles. The second-order valence-corrected chi connectivity index (χ2v) is 9.15. The minimum absolute atomic E-state index is 0.0633. The SMILES string of the molecule is CCn1c(N2CCN(S(=O)(=O)c3ccc(F)cc3)CC2)nc2c(C)nn(C)c2c1=O. The van der Waals surface area contributed by atoms with Gasteiger partial charge in [0.1, 0.15) is 11.3 Å². The molecule has 0 unspecified atom stereocenters. The summed E-state index contributed by atoms with van der Waals surface area (Å²) in [6.07, 6.45) is 0. The lowest BCUT2D eigenvalue weighted by molar-refractivity contribution is 0.380. The molecule has 1 aliphatic heterocycles. The number of aromatic nitrogens is 4. The first-order chi connectivity index (χ1) is 14.2. The number of hydrogen-bond donors (Lipinski definition) is 0. The quantitative estimate of drug-likeness (QED) is 0.611. The van der Waals surface area contributed by atoms with Crippen LogP contribution in [0, 0.1) is 12.7 Å². The van der Waals surface area contributed by atoms with Gasteiger partial charge in [-0.25, -0.2) is 17.8 Å². The van der Waals surface area contributed by atoms with Crippen LogP contribution in [0.5, 0.6) is 0 Å². The Balaban J connectivity index is 1.63. The fraction of sp³-hybridized carbons (Fsp3) is 0.421. The van der Waals surface area contributed by atoms with Crippen LogP contribution in [-0.4, -0.2) is 58.2 Å². The molecule has 4 rings (SSSR count). The van der Waals surface area contributed by atoms with Crippen LogP contribution in [0.4, 0.5) is 10.3 Å². The first kappa shape index (κ1) is 20.5. The third-order valence-electron chi connectivity index (χ3n) is 5.38. The van der Waals surface area contributed by atoms with E-state index in [1.807, 2.05) is 18.7 Å². The lowest BCUT2D eigenvalue weighted by atomic mass is 10.3. The molecule has 0 amide bonds. The molecule has 0 bridgehead atoms. The maximum absolute atomic E-state index is 13.1. The van der Waals surface area contributed by atoms with Crippen molar-refractivity contribution in [3.05, 3.63) is 46.1 Å². The number of fused-ring (bicyclic) bond motifs is 1. The summed E-state index contributed by atoms with van der Waals surface area (Å²) < 4.78 is 43.3. The molecule has 0 saturated carbocycles. The van der Waals surface area contributed by atoms with Gasteiger partial charge >= 0.3 is 0 Å². The average molecular weight is 434 g/mol. The first-order valence-corrected chi connectivity index (χ1v) is 11.1. The molecule has 11 heteroatoms. The van der Waals surface area contributed by atoms with E-state index in [4.69, 9.17) is 4.98 Å². The molecular weight excluding hydrogens is 411 g/mol. The van der Waals surface area contributed by atoms with E-state index in [-0.39, 0.29) is 23.5 Å². The standard InChI is InChI=1S/C19H23FN6O3S/c1-4-26-18(27)17-16(13(2)22-23(17)3)21-19(26)24-9-11-25(12-10-24)30(28,29)15-7-5-14(20)6-8-15/h5-8H,4,9-12H2,1-3H3. The summed E-state index contributed by atoms with van der Waals surface area (Å²) in [5.74, 6) is 0.0356. The summed E-state index contributed by atoms with van der Waals surface area (Å²) >= 11 is 0. The molecule has 30 heavy (non-hydrogen) atoms. The minimum Gasteiger partial charge on any atom is -0.340 e. The van der Waals surface area contributed by atoms with Gasteiger partial charge in [-0.3, -0.25) is 14.0 Å². The van der Waals surface area contributed by atoms with E-state index in [1.54, 1.807) is 16.3 Å². The van der Waals surface area contributed by atoms with E-state index >= 15 is 0 Å². The van der Waals surface area contributed by atoms with Gasteiger partial charge < -0.3 is 4.90 Å². The highest BCUT2D eigenvalue weighted by atomic mass is 32.2. The highest BCUT2D eigenvalue weighted by Crippen LogP contribution is 2.22. The second kappa shape index (κ2) is 7.47. The summed E-state index contributed by atoms with van der Waals surface area (Å²) in [7, 11) is -1.99. The molecule has 9 nitrogen and oxygen atoms in total. The zero-order chi connectivity index (χ0) is 21.6. The van der Waals surface area contributed by atoms with Crippen LogP contribution in [0.15, 0.2) is 34.0 Å². The van der Waals surface area contributed by atoms with Crippen molar-refractivity contribution in [3.63, 3.8) is 0 Å². The molecule has 0 atom stereocenters. The number of piperazine rings is 1. The van der Waals surface area contributed by atoms with E-state index in [1.165, 1.54) is 16.4 Å². The van der Waals surface area contributed by atoms with E-state index in [0.29, 0.717) is 42.3 Å². The Labute approximate surface area is 173 Å². The van der Waals surface area contributed by atoms with Gasteiger partial charge in [0.25, 0.3) is 5.56 Å². The van der Waals surface area contributed by atoms with Gasteiger partial charge in [-0.1, -0.05) is 0 Å². The Kier molecular flexibility index (Phi) is 5.10. The van der Waals surface area contributed by atoms with Crippen molar-refractivity contribution >= 4 is 27.0 Å². The van der Waals surface area contributed by atoms with E-state index < -0.39 is 15.8 Å². The Morgan fingerprint density at radius 3 is 2.33 bits per heavy atom. The van der Waals surface area contributed by atoms with Crippen LogP contribution < -0.4 is 10.5 Å². The molecule has 3 aromatic rings. The van der Waals surface area contributed by atoms with E-state index in [2.05, 4.69) is 5.10 Å². The van der Waals surface area contributed by atoms with Gasteiger partial charge in [0.05, 0.1) is 10.6 Å². The fourth-order valence-electron chi connectivity index (χ4n) is 3.81. The Bertz CT molecular complexity index is 1260. The van der Waals surface area contributed by atoms with Gasteiger partial charge in [0.2, 0.25) is 16.0 Å². The zero-order valence-corrected chi connectivity index (χ0v) is 17.9. The van der Waals surface area contributed by atoms with Crippen LogP contribution in [-0.2, 0) is 23.6 Å². The molecule has 1 aromatic carbocycles. The fourth-order valence-corrected chi connectivity index (χ4v) is 5.23. The Morgan fingerprint density at radius 2 is 1.73 bits per heavy atom. The molecule has 0 spiro atoms. The summed E-state index contributed by atoms with van der Waals surface area (Å²) in [5, 5.41) is 4.30. The van der Waals surface area contributed by atoms with E-state index in [0.717, 1.165) is 12.1 Å². The normalized spacial score (nSPS) is 15.8. The van der Waals surface area contributed by atoms with Crippen molar-refractivity contribution in [2.75, 3.05) is 31.1 Å². The zero-order valence-electron chi connectivity index (χ0n) is 17.0. The minimum atomic E-state index is -3.71. The highest BCUT2D eigenvalue weighted by molar-refractivity contribution is 7.89. The Morgan fingerprint density at radius 1 is 1.10 bits per heavy atom. The molecule has 0 aliphatic carbocycles. The van der Waals surface area contributed by atoms with Crippen molar-refractivity contribution in [1.29, 1.82) is 0 Å². The number of benzene rings is 1. The predicted octanol–water partition coefficient (Wildman–Crippen LogP) is 1.11. The third kappa shape index (κ3) is 3.27. The summed E-state index contributed by atoms with van der Waals surface area (Å²) in [5.41, 5.74) is 1.52. The highest BCUT2D eigenvalue weighted by Gasteiger charge is 2.30. The Hall–Kier alpha value is -2.79. The maximum Gasteiger partial charge on any atom is 0.281 e. The van der Waals surface area contributed by atoms with Crippen LogP contribution in [0.2, 0.25) is 0 Å². The smallest absolute Gasteiger partial charge is 0.281 e. The lowest BCUT2D eigenvalue weighted by Gasteiger charge is -2.35. The average Bonchev–Trinajstić information content (AvgIpc) is 3.02. The van der Waals surface area contributed by atoms with Gasteiger partial charge in [-0.15, -0.1) is 0 Å². The molecule has 1 fully saturated rings. The molecule has 0 N–H and O–H groups in total. The van der Waals surface area contributed by atoms with Crippen molar-refractivity contribution in [3.8, 4) is 0 Å². The molecular formula is C19H23FN6O3S. The third-order valence-corrected chi connectivity index (χ3v) is 7.29. The van der Waals surface area contributed by atoms with E-state index in [9.17, 15) is 17.6 Å². The number of aryl methyl sites for hydroxylation is 2. The van der Waals surface area contributed by atoms with Crippen molar-refractivity contribution in [1.82, 2.24) is 23.6 Å². The van der Waals surface area contributed by atoms with Crippen LogP contribution in [0.1, 0.15) is 12.6 Å². The maximum atomic E-state index is 13.1. The predicted molar refractivity (Wildman–Crippen MR) is 111 cm³/mol. The van der Waals surface area contributed by atoms with Gasteiger partial charge in [-0.05, 0) is 38.1 Å². The summed E-state index contributed by atoms with van der Waals surface area (Å²) in [6, 6.07) is 4.82. The number of halogens is 1. The topological polar surface area (TPSA) is 93.3 Å². The monoisotopic (exact) mass is 434 g/mol. The van der Waals surface area contributed by atoms with Crippen LogP contribution in [0.3, 0.4) is 0 Å². The molecule has 1 saturated heterocycles. The number of nitrogens with zero attached hydrogens (tertiary/aromatic N) is 6. The molecule has 160 valence electrons. The van der Waals surface area contributed by atoms with Crippen molar-refractivity contribution in [2.45, 2.75) is 25.3 Å². The number of anilines is 1. The summed E-state index contributed by atoms with van der Waals surface area (Å²) in [4.78, 5) is 19.7. The van der Waals surface area contributed by atoms with Gasteiger partial charge in [0.15, 0.2) is 5.52 Å². The largest absolute Gasteiger partial charge is 0.340 e. The molecule has 2 aromatic heterocycles.